The highest BCUT2D eigenvalue weighted by Crippen LogP contribution is 1.96. The van der Waals surface area contributed by atoms with Crippen molar-refractivity contribution in [2.45, 2.75) is 19.9 Å². The van der Waals surface area contributed by atoms with Gasteiger partial charge in [-0.05, 0) is 25.1 Å². The molecule has 0 aliphatic carbocycles. The molecule has 0 saturated carbocycles. The number of rotatable bonds is 5. The van der Waals surface area contributed by atoms with Gasteiger partial charge < -0.3 is 5.32 Å². The molecule has 0 aliphatic heterocycles. The molecular formula is C13H16N4. The average molecular weight is 228 g/mol. The Morgan fingerprint density at radius 2 is 2.00 bits per heavy atom. The van der Waals surface area contributed by atoms with Gasteiger partial charge in [0.1, 0.15) is 5.82 Å². The molecule has 0 bridgehead atoms. The molecule has 0 atom stereocenters. The minimum Gasteiger partial charge on any atom is -0.311 e. The number of nitrogens with zero attached hydrogens (tertiary/aromatic N) is 3. The van der Waals surface area contributed by atoms with Gasteiger partial charge >= 0.3 is 0 Å². The summed E-state index contributed by atoms with van der Waals surface area (Å²) < 4.78 is 0. The van der Waals surface area contributed by atoms with E-state index in [2.05, 4.69) is 20.3 Å². The van der Waals surface area contributed by atoms with Crippen molar-refractivity contribution in [2.75, 3.05) is 6.54 Å². The number of hydrogen-bond donors (Lipinski definition) is 1. The highest BCUT2D eigenvalue weighted by molar-refractivity contribution is 5.04. The second-order valence-electron chi connectivity index (χ2n) is 3.84. The number of nitrogens with one attached hydrogen (secondary N) is 1. The Bertz CT molecular complexity index is 456. The first-order chi connectivity index (χ1) is 8.34. The molecular weight excluding hydrogens is 212 g/mol. The molecule has 0 aliphatic rings. The molecule has 0 aromatic carbocycles. The Kier molecular flexibility index (Phi) is 4.16. The SMILES string of the molecule is Cc1nccc(CNCCc2ccccn2)n1. The monoisotopic (exact) mass is 228 g/mol. The molecule has 0 spiro atoms. The van der Waals surface area contributed by atoms with E-state index in [9.17, 15) is 0 Å². The van der Waals surface area contributed by atoms with Crippen molar-refractivity contribution in [1.29, 1.82) is 0 Å². The van der Waals surface area contributed by atoms with Crippen molar-refractivity contribution >= 4 is 0 Å². The van der Waals surface area contributed by atoms with Crippen LogP contribution in [0.3, 0.4) is 0 Å². The Hall–Kier alpha value is -1.81. The van der Waals surface area contributed by atoms with Crippen LogP contribution in [-0.2, 0) is 13.0 Å². The minimum absolute atomic E-state index is 0.774. The Labute approximate surface area is 101 Å². The van der Waals surface area contributed by atoms with Gasteiger partial charge in [-0.1, -0.05) is 6.07 Å². The zero-order valence-corrected chi connectivity index (χ0v) is 9.93. The van der Waals surface area contributed by atoms with Gasteiger partial charge in [0, 0.05) is 37.6 Å². The topological polar surface area (TPSA) is 50.7 Å². The second kappa shape index (κ2) is 6.06. The summed E-state index contributed by atoms with van der Waals surface area (Å²) in [7, 11) is 0. The molecule has 17 heavy (non-hydrogen) atoms. The lowest BCUT2D eigenvalue weighted by atomic mass is 10.2. The quantitative estimate of drug-likeness (QED) is 0.788. The fraction of sp³-hybridized carbons (Fsp3) is 0.308. The first-order valence-corrected chi connectivity index (χ1v) is 5.74. The largest absolute Gasteiger partial charge is 0.311 e. The molecule has 0 radical (unpaired) electrons. The summed E-state index contributed by atoms with van der Waals surface area (Å²) >= 11 is 0. The number of hydrogen-bond acceptors (Lipinski definition) is 4. The molecule has 4 nitrogen and oxygen atoms in total. The molecule has 4 heteroatoms. The lowest BCUT2D eigenvalue weighted by molar-refractivity contribution is 0.665. The summed E-state index contributed by atoms with van der Waals surface area (Å²) in [6.45, 7) is 3.58. The van der Waals surface area contributed by atoms with Gasteiger partial charge in [0.05, 0.1) is 5.69 Å². The molecule has 0 fully saturated rings. The number of aromatic nitrogens is 3. The van der Waals surface area contributed by atoms with E-state index < -0.39 is 0 Å². The molecule has 1 N–H and O–H groups in total. The first-order valence-electron chi connectivity index (χ1n) is 5.74. The smallest absolute Gasteiger partial charge is 0.125 e. The van der Waals surface area contributed by atoms with E-state index >= 15 is 0 Å². The van der Waals surface area contributed by atoms with Crippen LogP contribution in [0.5, 0.6) is 0 Å². The number of aryl methyl sites for hydroxylation is 1. The Balaban J connectivity index is 1.73. The Morgan fingerprint density at radius 1 is 1.06 bits per heavy atom. The van der Waals surface area contributed by atoms with Gasteiger partial charge in [-0.15, -0.1) is 0 Å². The summed E-state index contributed by atoms with van der Waals surface area (Å²) in [5.41, 5.74) is 2.14. The van der Waals surface area contributed by atoms with Crippen LogP contribution in [0, 0.1) is 6.92 Å². The van der Waals surface area contributed by atoms with Crippen molar-refractivity contribution in [3.05, 3.63) is 53.9 Å². The van der Waals surface area contributed by atoms with Crippen molar-refractivity contribution in [1.82, 2.24) is 20.3 Å². The molecule has 2 aromatic rings. The van der Waals surface area contributed by atoms with Gasteiger partial charge in [-0.2, -0.15) is 0 Å². The van der Waals surface area contributed by atoms with Crippen molar-refractivity contribution in [2.24, 2.45) is 0 Å². The predicted octanol–water partition coefficient (Wildman–Crippen LogP) is 1.51. The van der Waals surface area contributed by atoms with Gasteiger partial charge in [0.25, 0.3) is 0 Å². The second-order valence-corrected chi connectivity index (χ2v) is 3.84. The zero-order valence-electron chi connectivity index (χ0n) is 9.93. The molecule has 2 aromatic heterocycles. The van der Waals surface area contributed by atoms with Crippen LogP contribution < -0.4 is 5.32 Å². The lowest BCUT2D eigenvalue weighted by Crippen LogP contribution is -2.18. The van der Waals surface area contributed by atoms with E-state index in [1.807, 2.05) is 37.4 Å². The van der Waals surface area contributed by atoms with E-state index in [-0.39, 0.29) is 0 Å². The predicted molar refractivity (Wildman–Crippen MR) is 66.4 cm³/mol. The minimum atomic E-state index is 0.774. The summed E-state index contributed by atoms with van der Waals surface area (Å²) in [6, 6.07) is 7.91. The highest BCUT2D eigenvalue weighted by atomic mass is 14.9. The summed E-state index contributed by atoms with van der Waals surface area (Å²) in [4.78, 5) is 12.7. The highest BCUT2D eigenvalue weighted by Gasteiger charge is 1.96. The van der Waals surface area contributed by atoms with Crippen LogP contribution in [0.4, 0.5) is 0 Å². The van der Waals surface area contributed by atoms with E-state index in [0.29, 0.717) is 0 Å². The lowest BCUT2D eigenvalue weighted by Gasteiger charge is -2.04. The van der Waals surface area contributed by atoms with E-state index in [0.717, 1.165) is 36.7 Å². The molecule has 2 rings (SSSR count). The van der Waals surface area contributed by atoms with Crippen LogP contribution in [-0.4, -0.2) is 21.5 Å². The third kappa shape index (κ3) is 3.92. The van der Waals surface area contributed by atoms with E-state index in [4.69, 9.17) is 0 Å². The maximum atomic E-state index is 4.33. The van der Waals surface area contributed by atoms with Gasteiger partial charge in [0.2, 0.25) is 0 Å². The molecule has 2 heterocycles. The van der Waals surface area contributed by atoms with Crippen LogP contribution in [0.15, 0.2) is 36.7 Å². The first kappa shape index (κ1) is 11.7. The van der Waals surface area contributed by atoms with Gasteiger partial charge in [-0.25, -0.2) is 9.97 Å². The van der Waals surface area contributed by atoms with Crippen molar-refractivity contribution in [3.63, 3.8) is 0 Å². The van der Waals surface area contributed by atoms with Crippen molar-refractivity contribution < 1.29 is 0 Å². The number of pyridine rings is 1. The van der Waals surface area contributed by atoms with Crippen LogP contribution in [0.1, 0.15) is 17.2 Å². The standard InChI is InChI=1S/C13H16N4/c1-11-15-9-6-13(17-11)10-14-8-5-12-4-2-3-7-16-12/h2-4,6-7,9,14H,5,8,10H2,1H3. The van der Waals surface area contributed by atoms with Gasteiger partial charge in [-0.3, -0.25) is 4.98 Å². The van der Waals surface area contributed by atoms with E-state index in [1.54, 1.807) is 6.20 Å². The molecule has 0 saturated heterocycles. The fourth-order valence-electron chi connectivity index (χ4n) is 1.58. The fourth-order valence-corrected chi connectivity index (χ4v) is 1.58. The average Bonchev–Trinajstić information content (AvgIpc) is 2.36. The Morgan fingerprint density at radius 3 is 2.76 bits per heavy atom. The van der Waals surface area contributed by atoms with Crippen LogP contribution in [0.25, 0.3) is 0 Å². The third-order valence-electron chi connectivity index (χ3n) is 2.42. The van der Waals surface area contributed by atoms with E-state index in [1.165, 1.54) is 0 Å². The summed E-state index contributed by atoms with van der Waals surface area (Å²) in [5.74, 6) is 0.814. The maximum Gasteiger partial charge on any atom is 0.125 e. The molecule has 0 unspecified atom stereocenters. The molecule has 0 amide bonds. The normalized spacial score (nSPS) is 10.4. The summed E-state index contributed by atoms with van der Waals surface area (Å²) in [6.07, 6.45) is 4.55. The maximum absolute atomic E-state index is 4.33. The van der Waals surface area contributed by atoms with Gasteiger partial charge in [0.15, 0.2) is 0 Å². The van der Waals surface area contributed by atoms with Crippen molar-refractivity contribution in [3.8, 4) is 0 Å². The zero-order chi connectivity index (χ0) is 11.9. The van der Waals surface area contributed by atoms with Crippen LogP contribution in [0.2, 0.25) is 0 Å². The molecule has 88 valence electrons. The summed E-state index contributed by atoms with van der Waals surface area (Å²) in [5, 5.41) is 3.35. The third-order valence-corrected chi connectivity index (χ3v) is 2.42. The van der Waals surface area contributed by atoms with Crippen LogP contribution >= 0.6 is 0 Å².